The highest BCUT2D eigenvalue weighted by Crippen LogP contribution is 2.33. The van der Waals surface area contributed by atoms with Gasteiger partial charge in [-0.2, -0.15) is 5.10 Å². The van der Waals surface area contributed by atoms with Crippen molar-refractivity contribution in [3.63, 3.8) is 0 Å². The molecule has 0 bridgehead atoms. The summed E-state index contributed by atoms with van der Waals surface area (Å²) >= 11 is 4.52. The van der Waals surface area contributed by atoms with Crippen molar-refractivity contribution in [2.45, 2.75) is 25.3 Å². The van der Waals surface area contributed by atoms with Crippen LogP contribution >= 0.6 is 12.6 Å². The SMILES string of the molecule is CCc1cc(C2=NN(c3ccc4c(c3)CC(=O)N4)C(S)N2)c(O)cc1O. The van der Waals surface area contributed by atoms with Crippen LogP contribution < -0.4 is 15.6 Å². The third-order valence-electron chi connectivity index (χ3n) is 4.52. The maximum absolute atomic E-state index is 11.5. The van der Waals surface area contributed by atoms with Gasteiger partial charge in [0, 0.05) is 11.8 Å². The zero-order valence-corrected chi connectivity index (χ0v) is 14.9. The van der Waals surface area contributed by atoms with Crippen LogP contribution in [0.3, 0.4) is 0 Å². The number of hydrogen-bond donors (Lipinski definition) is 5. The molecule has 0 saturated carbocycles. The maximum Gasteiger partial charge on any atom is 0.228 e. The first-order valence-corrected chi connectivity index (χ1v) is 8.78. The lowest BCUT2D eigenvalue weighted by atomic mass is 10.1. The molecule has 0 radical (unpaired) electrons. The lowest BCUT2D eigenvalue weighted by Crippen LogP contribution is -2.33. The van der Waals surface area contributed by atoms with Gasteiger partial charge in [0.2, 0.25) is 5.91 Å². The van der Waals surface area contributed by atoms with Crippen molar-refractivity contribution in [3.8, 4) is 11.5 Å². The van der Waals surface area contributed by atoms with Gasteiger partial charge in [0.25, 0.3) is 0 Å². The Kier molecular flexibility index (Phi) is 3.91. The Labute approximate surface area is 155 Å². The number of phenolic OH excluding ortho intramolecular Hbond substituents is 2. The maximum atomic E-state index is 11.5. The van der Waals surface area contributed by atoms with Gasteiger partial charge in [-0.25, -0.2) is 5.01 Å². The summed E-state index contributed by atoms with van der Waals surface area (Å²) < 4.78 is 0. The first-order chi connectivity index (χ1) is 12.5. The first-order valence-electron chi connectivity index (χ1n) is 8.26. The van der Waals surface area contributed by atoms with Gasteiger partial charge in [0.05, 0.1) is 17.7 Å². The summed E-state index contributed by atoms with van der Waals surface area (Å²) in [6.45, 7) is 1.92. The number of anilines is 2. The first kappa shape index (κ1) is 16.6. The molecule has 0 saturated heterocycles. The largest absolute Gasteiger partial charge is 0.508 e. The van der Waals surface area contributed by atoms with E-state index < -0.39 is 5.50 Å². The molecule has 7 nitrogen and oxygen atoms in total. The molecule has 134 valence electrons. The number of amides is 1. The van der Waals surface area contributed by atoms with E-state index in [-0.39, 0.29) is 17.4 Å². The minimum atomic E-state index is -0.425. The van der Waals surface area contributed by atoms with E-state index in [0.717, 1.165) is 22.5 Å². The van der Waals surface area contributed by atoms with Gasteiger partial charge < -0.3 is 20.8 Å². The normalized spacial score (nSPS) is 18.4. The molecule has 0 aliphatic carbocycles. The van der Waals surface area contributed by atoms with Gasteiger partial charge >= 0.3 is 0 Å². The van der Waals surface area contributed by atoms with E-state index in [2.05, 4.69) is 28.4 Å². The smallest absolute Gasteiger partial charge is 0.228 e. The second-order valence-corrected chi connectivity index (χ2v) is 6.72. The Morgan fingerprint density at radius 3 is 2.85 bits per heavy atom. The molecule has 2 aliphatic heterocycles. The van der Waals surface area contributed by atoms with Crippen LogP contribution in [0.1, 0.15) is 23.6 Å². The number of carbonyl (C=O) groups is 1. The molecule has 26 heavy (non-hydrogen) atoms. The predicted molar refractivity (Wildman–Crippen MR) is 103 cm³/mol. The number of fused-ring (bicyclic) bond motifs is 1. The molecule has 2 aromatic carbocycles. The molecule has 4 N–H and O–H groups in total. The van der Waals surface area contributed by atoms with Gasteiger partial charge in [0.1, 0.15) is 11.5 Å². The fourth-order valence-corrected chi connectivity index (χ4v) is 3.47. The number of nitrogens with one attached hydrogen (secondary N) is 2. The highest BCUT2D eigenvalue weighted by Gasteiger charge is 2.28. The molecule has 1 amide bonds. The van der Waals surface area contributed by atoms with Gasteiger partial charge in [0.15, 0.2) is 11.3 Å². The number of carbonyl (C=O) groups excluding carboxylic acids is 1. The number of phenols is 2. The van der Waals surface area contributed by atoms with Crippen LogP contribution in [-0.4, -0.2) is 27.5 Å². The molecule has 2 aliphatic rings. The number of amidine groups is 1. The molecule has 4 rings (SSSR count). The fraction of sp³-hybridized carbons (Fsp3) is 0.222. The van der Waals surface area contributed by atoms with Crippen LogP contribution in [0.5, 0.6) is 11.5 Å². The number of aryl methyl sites for hydroxylation is 1. The van der Waals surface area contributed by atoms with Crippen LogP contribution in [-0.2, 0) is 17.6 Å². The average molecular weight is 370 g/mol. The summed E-state index contributed by atoms with van der Waals surface area (Å²) in [6.07, 6.45) is 0.975. The van der Waals surface area contributed by atoms with E-state index in [9.17, 15) is 15.0 Å². The highest BCUT2D eigenvalue weighted by molar-refractivity contribution is 7.81. The van der Waals surface area contributed by atoms with Gasteiger partial charge in [-0.1, -0.05) is 6.92 Å². The van der Waals surface area contributed by atoms with Crippen molar-refractivity contribution < 1.29 is 15.0 Å². The molecule has 2 heterocycles. The summed E-state index contributed by atoms with van der Waals surface area (Å²) in [4.78, 5) is 11.5. The molecule has 2 aromatic rings. The average Bonchev–Trinajstić information content (AvgIpc) is 3.16. The van der Waals surface area contributed by atoms with E-state index in [0.29, 0.717) is 24.2 Å². The van der Waals surface area contributed by atoms with Crippen LogP contribution in [0.2, 0.25) is 0 Å². The number of hydrogen-bond acceptors (Lipinski definition) is 7. The second-order valence-electron chi connectivity index (χ2n) is 6.23. The Hall–Kier alpha value is -2.87. The number of thiol groups is 1. The van der Waals surface area contributed by atoms with Gasteiger partial charge in [-0.3, -0.25) is 4.79 Å². The zero-order valence-electron chi connectivity index (χ0n) is 14.0. The van der Waals surface area contributed by atoms with E-state index in [1.165, 1.54) is 6.07 Å². The van der Waals surface area contributed by atoms with Crippen LogP contribution in [0.4, 0.5) is 11.4 Å². The van der Waals surface area contributed by atoms with E-state index in [1.54, 1.807) is 11.1 Å². The van der Waals surface area contributed by atoms with E-state index >= 15 is 0 Å². The quantitative estimate of drug-likeness (QED) is 0.534. The molecule has 0 spiro atoms. The van der Waals surface area contributed by atoms with Crippen LogP contribution in [0.15, 0.2) is 35.4 Å². The van der Waals surface area contributed by atoms with Crippen molar-refractivity contribution in [3.05, 3.63) is 47.0 Å². The van der Waals surface area contributed by atoms with Gasteiger partial charge in [-0.15, -0.1) is 12.6 Å². The highest BCUT2D eigenvalue weighted by atomic mass is 32.1. The van der Waals surface area contributed by atoms with E-state index in [1.807, 2.05) is 25.1 Å². The number of rotatable bonds is 3. The Balaban J connectivity index is 1.70. The Morgan fingerprint density at radius 1 is 1.27 bits per heavy atom. The summed E-state index contributed by atoms with van der Waals surface area (Å²) in [5.74, 6) is 0.441. The van der Waals surface area contributed by atoms with Crippen molar-refractivity contribution in [2.75, 3.05) is 10.3 Å². The molecule has 1 unspecified atom stereocenters. The third-order valence-corrected chi connectivity index (χ3v) is 4.86. The summed E-state index contributed by atoms with van der Waals surface area (Å²) in [6, 6.07) is 8.64. The number of aromatic hydroxyl groups is 2. The fourth-order valence-electron chi connectivity index (χ4n) is 3.16. The minimum absolute atomic E-state index is 0.0237. The van der Waals surface area contributed by atoms with Crippen LogP contribution in [0, 0.1) is 0 Å². The summed E-state index contributed by atoms with van der Waals surface area (Å²) in [7, 11) is 0. The monoisotopic (exact) mass is 370 g/mol. The van der Waals surface area contributed by atoms with Crippen molar-refractivity contribution in [1.82, 2.24) is 5.32 Å². The number of benzene rings is 2. The second kappa shape index (κ2) is 6.14. The number of hydrazone groups is 1. The molecule has 0 fully saturated rings. The Bertz CT molecular complexity index is 944. The molecule has 8 heteroatoms. The minimum Gasteiger partial charge on any atom is -0.508 e. The molecule has 0 aromatic heterocycles. The standard InChI is InChI=1S/C18H18N4O3S/c1-2-9-6-12(15(24)8-14(9)23)17-20-18(26)22(21-17)11-3-4-13-10(5-11)7-16(25)19-13/h3-6,8,18,23-24,26H,2,7H2,1H3,(H,19,25)(H,20,21). The lowest BCUT2D eigenvalue weighted by molar-refractivity contribution is -0.115. The predicted octanol–water partition coefficient (Wildman–Crippen LogP) is 2.14. The third kappa shape index (κ3) is 2.72. The summed E-state index contributed by atoms with van der Waals surface area (Å²) in [5, 5.41) is 32.2. The molecular weight excluding hydrogens is 352 g/mol. The molecular formula is C18H18N4O3S. The topological polar surface area (TPSA) is 97.2 Å². The van der Waals surface area contributed by atoms with Crippen LogP contribution in [0.25, 0.3) is 0 Å². The lowest BCUT2D eigenvalue weighted by Gasteiger charge is -2.19. The van der Waals surface area contributed by atoms with Crippen molar-refractivity contribution >= 4 is 35.7 Å². The zero-order chi connectivity index (χ0) is 18.4. The molecule has 1 atom stereocenters. The summed E-state index contributed by atoms with van der Waals surface area (Å²) in [5.41, 5.74) is 3.31. The van der Waals surface area contributed by atoms with E-state index in [4.69, 9.17) is 0 Å². The Morgan fingerprint density at radius 2 is 2.08 bits per heavy atom. The van der Waals surface area contributed by atoms with Gasteiger partial charge in [-0.05, 0) is 41.8 Å². The number of nitrogens with zero attached hydrogens (tertiary/aromatic N) is 2. The van der Waals surface area contributed by atoms with Crippen molar-refractivity contribution in [2.24, 2.45) is 5.10 Å². The van der Waals surface area contributed by atoms with Crippen molar-refractivity contribution in [1.29, 1.82) is 0 Å².